The van der Waals surface area contributed by atoms with E-state index in [1.165, 1.54) is 36.1 Å². The minimum atomic E-state index is 0.665. The van der Waals surface area contributed by atoms with Crippen molar-refractivity contribution in [3.05, 3.63) is 29.8 Å². The molecule has 1 N–H and O–H groups in total. The number of hydrogen-bond donors (Lipinski definition) is 1. The Morgan fingerprint density at radius 3 is 2.47 bits per heavy atom. The van der Waals surface area contributed by atoms with Crippen LogP contribution in [0.1, 0.15) is 38.2 Å². The molecular formula is C15H23NS. The highest BCUT2D eigenvalue weighted by Crippen LogP contribution is 2.27. The number of hydrogen-bond acceptors (Lipinski definition) is 2. The van der Waals surface area contributed by atoms with Crippen LogP contribution in [0.2, 0.25) is 0 Å². The summed E-state index contributed by atoms with van der Waals surface area (Å²) in [5.41, 5.74) is 1.40. The van der Waals surface area contributed by atoms with Crippen molar-refractivity contribution < 1.29 is 0 Å². The summed E-state index contributed by atoms with van der Waals surface area (Å²) in [4.78, 5) is 1.34. The largest absolute Gasteiger partial charge is 0.310 e. The van der Waals surface area contributed by atoms with Crippen LogP contribution in [-0.2, 0) is 6.54 Å². The van der Waals surface area contributed by atoms with Crippen molar-refractivity contribution in [1.29, 1.82) is 0 Å². The molecule has 0 aromatic heterocycles. The van der Waals surface area contributed by atoms with E-state index < -0.39 is 0 Å². The molecule has 0 saturated heterocycles. The van der Waals surface area contributed by atoms with Crippen molar-refractivity contribution in [3.8, 4) is 0 Å². The van der Waals surface area contributed by atoms with Gasteiger partial charge in [-0.2, -0.15) is 0 Å². The quantitative estimate of drug-likeness (QED) is 0.789. The van der Waals surface area contributed by atoms with Crippen LogP contribution in [0.25, 0.3) is 0 Å². The number of benzene rings is 1. The minimum absolute atomic E-state index is 0.665. The molecule has 1 saturated carbocycles. The zero-order valence-electron chi connectivity index (χ0n) is 10.9. The molecule has 1 atom stereocenters. The van der Waals surface area contributed by atoms with E-state index in [-0.39, 0.29) is 0 Å². The molecule has 94 valence electrons. The summed E-state index contributed by atoms with van der Waals surface area (Å²) in [5.74, 6) is 0.903. The van der Waals surface area contributed by atoms with Crippen LogP contribution in [0.4, 0.5) is 0 Å². The van der Waals surface area contributed by atoms with Gasteiger partial charge in [-0.1, -0.05) is 25.0 Å². The van der Waals surface area contributed by atoms with E-state index in [4.69, 9.17) is 0 Å². The lowest BCUT2D eigenvalue weighted by atomic mass is 9.99. The van der Waals surface area contributed by atoms with Crippen LogP contribution in [0, 0.1) is 5.92 Å². The Morgan fingerprint density at radius 2 is 1.88 bits per heavy atom. The third kappa shape index (κ3) is 3.75. The molecule has 0 heterocycles. The molecular weight excluding hydrogens is 226 g/mol. The van der Waals surface area contributed by atoms with Crippen LogP contribution in [-0.4, -0.2) is 12.3 Å². The average Bonchev–Trinajstić information content (AvgIpc) is 2.90. The third-order valence-electron chi connectivity index (χ3n) is 3.89. The summed E-state index contributed by atoms with van der Waals surface area (Å²) in [6.07, 6.45) is 7.81. The van der Waals surface area contributed by atoms with Crippen LogP contribution < -0.4 is 5.32 Å². The first-order valence-corrected chi connectivity index (χ1v) is 7.88. The first-order chi connectivity index (χ1) is 8.29. The number of thioether (sulfide) groups is 1. The predicted molar refractivity (Wildman–Crippen MR) is 76.5 cm³/mol. The average molecular weight is 249 g/mol. The smallest absolute Gasteiger partial charge is 0.0208 e. The van der Waals surface area contributed by atoms with Gasteiger partial charge in [-0.3, -0.25) is 0 Å². The van der Waals surface area contributed by atoms with Gasteiger partial charge in [0.1, 0.15) is 0 Å². The second-order valence-electron chi connectivity index (χ2n) is 5.06. The molecule has 1 aliphatic carbocycles. The molecule has 2 heteroatoms. The molecule has 2 rings (SSSR count). The first kappa shape index (κ1) is 13.0. The van der Waals surface area contributed by atoms with E-state index in [0.717, 1.165) is 12.5 Å². The van der Waals surface area contributed by atoms with Crippen LogP contribution in [0.3, 0.4) is 0 Å². The summed E-state index contributed by atoms with van der Waals surface area (Å²) in [6.45, 7) is 3.35. The summed E-state index contributed by atoms with van der Waals surface area (Å²) in [7, 11) is 0. The van der Waals surface area contributed by atoms with Gasteiger partial charge in [0.2, 0.25) is 0 Å². The van der Waals surface area contributed by atoms with Crippen molar-refractivity contribution >= 4 is 11.8 Å². The lowest BCUT2D eigenvalue weighted by Crippen LogP contribution is -2.31. The van der Waals surface area contributed by atoms with E-state index in [1.807, 2.05) is 0 Å². The Morgan fingerprint density at radius 1 is 1.24 bits per heavy atom. The van der Waals surface area contributed by atoms with Crippen molar-refractivity contribution in [2.24, 2.45) is 5.92 Å². The normalized spacial score (nSPS) is 18.5. The Balaban J connectivity index is 1.80. The highest BCUT2D eigenvalue weighted by Gasteiger charge is 2.20. The molecule has 1 fully saturated rings. The van der Waals surface area contributed by atoms with Crippen molar-refractivity contribution in [1.82, 2.24) is 5.32 Å². The van der Waals surface area contributed by atoms with Gasteiger partial charge in [0.15, 0.2) is 0 Å². The fourth-order valence-electron chi connectivity index (χ4n) is 2.65. The number of rotatable bonds is 5. The maximum Gasteiger partial charge on any atom is 0.0208 e. The van der Waals surface area contributed by atoms with Crippen LogP contribution in [0.15, 0.2) is 29.2 Å². The van der Waals surface area contributed by atoms with E-state index in [9.17, 15) is 0 Å². The minimum Gasteiger partial charge on any atom is -0.310 e. The van der Waals surface area contributed by atoms with Crippen LogP contribution in [0.5, 0.6) is 0 Å². The van der Waals surface area contributed by atoms with E-state index in [0.29, 0.717) is 6.04 Å². The molecule has 0 bridgehead atoms. The molecule has 17 heavy (non-hydrogen) atoms. The monoisotopic (exact) mass is 249 g/mol. The topological polar surface area (TPSA) is 12.0 Å². The molecule has 1 aromatic rings. The van der Waals surface area contributed by atoms with Gasteiger partial charge in [-0.25, -0.2) is 0 Å². The second kappa shape index (κ2) is 6.46. The van der Waals surface area contributed by atoms with E-state index in [2.05, 4.69) is 42.8 Å². The van der Waals surface area contributed by atoms with E-state index >= 15 is 0 Å². The first-order valence-electron chi connectivity index (χ1n) is 6.66. The maximum atomic E-state index is 3.67. The van der Waals surface area contributed by atoms with Gasteiger partial charge in [-0.15, -0.1) is 11.8 Å². The Bertz CT molecular complexity index is 327. The molecule has 0 spiro atoms. The third-order valence-corrected chi connectivity index (χ3v) is 4.64. The van der Waals surface area contributed by atoms with Gasteiger partial charge < -0.3 is 5.32 Å². The van der Waals surface area contributed by atoms with Crippen molar-refractivity contribution in [2.75, 3.05) is 6.26 Å². The Hall–Kier alpha value is -0.470. The fraction of sp³-hybridized carbons (Fsp3) is 0.600. The zero-order valence-corrected chi connectivity index (χ0v) is 11.7. The molecule has 1 nitrogen and oxygen atoms in total. The zero-order chi connectivity index (χ0) is 12.1. The van der Waals surface area contributed by atoms with Crippen LogP contribution >= 0.6 is 11.8 Å². The van der Waals surface area contributed by atoms with E-state index in [1.54, 1.807) is 11.8 Å². The summed E-state index contributed by atoms with van der Waals surface area (Å²) >= 11 is 1.80. The molecule has 1 aliphatic rings. The lowest BCUT2D eigenvalue weighted by molar-refractivity contribution is 0.380. The number of nitrogens with one attached hydrogen (secondary N) is 1. The van der Waals surface area contributed by atoms with Gasteiger partial charge in [0, 0.05) is 17.5 Å². The molecule has 0 aliphatic heterocycles. The van der Waals surface area contributed by atoms with Gasteiger partial charge in [0.25, 0.3) is 0 Å². The van der Waals surface area contributed by atoms with Gasteiger partial charge in [0.05, 0.1) is 0 Å². The highest BCUT2D eigenvalue weighted by molar-refractivity contribution is 7.98. The molecule has 1 unspecified atom stereocenters. The summed E-state index contributed by atoms with van der Waals surface area (Å²) in [6, 6.07) is 9.56. The van der Waals surface area contributed by atoms with Crippen molar-refractivity contribution in [3.63, 3.8) is 0 Å². The lowest BCUT2D eigenvalue weighted by Gasteiger charge is -2.20. The SMILES string of the molecule is CSc1ccc(CNC(C)C2CCCC2)cc1. The molecule has 0 radical (unpaired) electrons. The Labute approximate surface area is 109 Å². The molecule has 1 aromatic carbocycles. The fourth-order valence-corrected chi connectivity index (χ4v) is 3.05. The van der Waals surface area contributed by atoms with Crippen molar-refractivity contribution in [2.45, 2.75) is 50.1 Å². The summed E-state index contributed by atoms with van der Waals surface area (Å²) in [5, 5.41) is 3.67. The highest BCUT2D eigenvalue weighted by atomic mass is 32.2. The second-order valence-corrected chi connectivity index (χ2v) is 5.94. The maximum absolute atomic E-state index is 3.67. The predicted octanol–water partition coefficient (Wildman–Crippen LogP) is 4.08. The molecule has 0 amide bonds. The Kier molecular flexibility index (Phi) is 4.93. The van der Waals surface area contributed by atoms with Gasteiger partial charge >= 0.3 is 0 Å². The summed E-state index contributed by atoms with van der Waals surface area (Å²) < 4.78 is 0. The van der Waals surface area contributed by atoms with Gasteiger partial charge in [-0.05, 0) is 49.6 Å². The standard InChI is InChI=1S/C15H23NS/c1-12(14-5-3-4-6-14)16-11-13-7-9-15(17-2)10-8-13/h7-10,12,14,16H,3-6,11H2,1-2H3.